The zero-order valence-electron chi connectivity index (χ0n) is 16.6. The molecule has 0 aromatic heterocycles. The topological polar surface area (TPSA) is 65.1 Å². The number of benzene rings is 2. The van der Waals surface area contributed by atoms with E-state index >= 15 is 0 Å². The van der Waals surface area contributed by atoms with Crippen LogP contribution in [0.1, 0.15) is 17.3 Å². The fourth-order valence-electron chi connectivity index (χ4n) is 3.83. The Hall–Kier alpha value is -3.22. The van der Waals surface area contributed by atoms with Gasteiger partial charge in [-0.2, -0.15) is 0 Å². The average molecular weight is 394 g/mol. The van der Waals surface area contributed by atoms with E-state index < -0.39 is 0 Å². The molecule has 2 aromatic carbocycles. The van der Waals surface area contributed by atoms with Crippen LogP contribution in [-0.2, 0) is 0 Å². The minimum Gasteiger partial charge on any atom is -0.492 e. The predicted molar refractivity (Wildman–Crippen MR) is 113 cm³/mol. The first-order valence-corrected chi connectivity index (χ1v) is 10.1. The maximum atomic E-state index is 12.9. The average Bonchev–Trinajstić information content (AvgIpc) is 3.20. The van der Waals surface area contributed by atoms with Gasteiger partial charge in [0.25, 0.3) is 5.91 Å². The van der Waals surface area contributed by atoms with Crippen molar-refractivity contribution in [2.24, 2.45) is 0 Å². The van der Waals surface area contributed by atoms with Crippen molar-refractivity contribution < 1.29 is 14.3 Å². The third-order valence-electron chi connectivity index (χ3n) is 5.36. The summed E-state index contributed by atoms with van der Waals surface area (Å²) in [6.45, 7) is 6.77. The van der Waals surface area contributed by atoms with Crippen LogP contribution in [-0.4, -0.2) is 62.7 Å². The highest BCUT2D eigenvalue weighted by molar-refractivity contribution is 5.97. The standard InChI is InChI=1S/C22H26N4O3/c1-2-29-20-6-4-3-5-19(20)24-13-15-25(16-14-24)21(27)17-7-9-18(10-8-17)26-12-11-23-22(26)28/h3-10H,2,11-16H2,1H3,(H,23,28). The second kappa shape index (κ2) is 8.43. The number of urea groups is 1. The maximum Gasteiger partial charge on any atom is 0.321 e. The van der Waals surface area contributed by atoms with Crippen LogP contribution >= 0.6 is 0 Å². The molecule has 1 N–H and O–H groups in total. The molecule has 2 aliphatic rings. The molecule has 7 heteroatoms. The number of piperazine rings is 1. The fraction of sp³-hybridized carbons (Fsp3) is 0.364. The number of nitrogens with one attached hydrogen (secondary N) is 1. The van der Waals surface area contributed by atoms with Gasteiger partial charge < -0.3 is 19.9 Å². The quantitative estimate of drug-likeness (QED) is 0.847. The van der Waals surface area contributed by atoms with Crippen LogP contribution in [0.15, 0.2) is 48.5 Å². The molecule has 152 valence electrons. The van der Waals surface area contributed by atoms with E-state index in [1.807, 2.05) is 42.2 Å². The molecule has 0 aliphatic carbocycles. The van der Waals surface area contributed by atoms with Gasteiger partial charge in [0.1, 0.15) is 5.75 Å². The molecule has 2 saturated heterocycles. The summed E-state index contributed by atoms with van der Waals surface area (Å²) < 4.78 is 5.74. The normalized spacial score (nSPS) is 16.7. The molecule has 7 nitrogen and oxygen atoms in total. The van der Waals surface area contributed by atoms with E-state index in [1.165, 1.54) is 0 Å². The molecule has 29 heavy (non-hydrogen) atoms. The van der Waals surface area contributed by atoms with Crippen molar-refractivity contribution in [2.75, 3.05) is 55.7 Å². The molecule has 0 spiro atoms. The van der Waals surface area contributed by atoms with Gasteiger partial charge in [-0.1, -0.05) is 12.1 Å². The summed E-state index contributed by atoms with van der Waals surface area (Å²) in [7, 11) is 0. The van der Waals surface area contributed by atoms with Gasteiger partial charge in [0, 0.05) is 50.5 Å². The number of carbonyl (C=O) groups excluding carboxylic acids is 2. The molecule has 0 saturated carbocycles. The van der Waals surface area contributed by atoms with Crippen LogP contribution in [0.4, 0.5) is 16.2 Å². The van der Waals surface area contributed by atoms with Gasteiger partial charge in [0.2, 0.25) is 0 Å². The molecule has 2 aromatic rings. The third kappa shape index (κ3) is 3.99. The summed E-state index contributed by atoms with van der Waals surface area (Å²) >= 11 is 0. The number of amides is 3. The van der Waals surface area contributed by atoms with E-state index in [2.05, 4.69) is 16.3 Å². The molecule has 0 unspecified atom stereocenters. The fourth-order valence-corrected chi connectivity index (χ4v) is 3.83. The van der Waals surface area contributed by atoms with Crippen molar-refractivity contribution in [1.29, 1.82) is 0 Å². The predicted octanol–water partition coefficient (Wildman–Crippen LogP) is 2.58. The van der Waals surface area contributed by atoms with Crippen molar-refractivity contribution in [3.05, 3.63) is 54.1 Å². The highest BCUT2D eigenvalue weighted by Crippen LogP contribution is 2.29. The first kappa shape index (κ1) is 19.1. The molecule has 0 atom stereocenters. The first-order chi connectivity index (χ1) is 14.2. The number of nitrogens with zero attached hydrogens (tertiary/aromatic N) is 3. The van der Waals surface area contributed by atoms with E-state index in [0.29, 0.717) is 38.3 Å². The Morgan fingerprint density at radius 1 is 1.00 bits per heavy atom. The highest BCUT2D eigenvalue weighted by Gasteiger charge is 2.25. The number of carbonyl (C=O) groups is 2. The SMILES string of the molecule is CCOc1ccccc1N1CCN(C(=O)c2ccc(N3CCNC3=O)cc2)CC1. The van der Waals surface area contributed by atoms with Crippen molar-refractivity contribution in [3.8, 4) is 5.75 Å². The molecule has 2 fully saturated rings. The summed E-state index contributed by atoms with van der Waals surface area (Å²) in [5, 5.41) is 2.78. The lowest BCUT2D eigenvalue weighted by Gasteiger charge is -2.36. The number of para-hydroxylation sites is 2. The molecule has 2 aliphatic heterocycles. The van der Waals surface area contributed by atoms with E-state index in [9.17, 15) is 9.59 Å². The Balaban J connectivity index is 1.38. The van der Waals surface area contributed by atoms with E-state index in [1.54, 1.807) is 17.0 Å². The number of hydrogen-bond acceptors (Lipinski definition) is 4. The van der Waals surface area contributed by atoms with E-state index in [0.717, 1.165) is 30.2 Å². The van der Waals surface area contributed by atoms with Crippen LogP contribution < -0.4 is 19.9 Å². The van der Waals surface area contributed by atoms with Crippen molar-refractivity contribution >= 4 is 23.3 Å². The van der Waals surface area contributed by atoms with Gasteiger partial charge in [-0.05, 0) is 43.3 Å². The summed E-state index contributed by atoms with van der Waals surface area (Å²) in [6.07, 6.45) is 0. The van der Waals surface area contributed by atoms with Gasteiger partial charge in [-0.3, -0.25) is 9.69 Å². The van der Waals surface area contributed by atoms with Gasteiger partial charge in [-0.25, -0.2) is 4.79 Å². The summed E-state index contributed by atoms with van der Waals surface area (Å²) in [5.74, 6) is 0.913. The van der Waals surface area contributed by atoms with Gasteiger partial charge in [0.15, 0.2) is 0 Å². The summed E-state index contributed by atoms with van der Waals surface area (Å²) in [5.41, 5.74) is 2.54. The van der Waals surface area contributed by atoms with Gasteiger partial charge in [-0.15, -0.1) is 0 Å². The highest BCUT2D eigenvalue weighted by atomic mass is 16.5. The lowest BCUT2D eigenvalue weighted by molar-refractivity contribution is 0.0746. The molecule has 2 heterocycles. The van der Waals surface area contributed by atoms with E-state index in [4.69, 9.17) is 4.74 Å². The Morgan fingerprint density at radius 3 is 2.38 bits per heavy atom. The Bertz CT molecular complexity index is 876. The van der Waals surface area contributed by atoms with Crippen molar-refractivity contribution in [3.63, 3.8) is 0 Å². The van der Waals surface area contributed by atoms with Crippen molar-refractivity contribution in [1.82, 2.24) is 10.2 Å². The number of ether oxygens (including phenoxy) is 1. The molecular formula is C22H26N4O3. The molecule has 0 bridgehead atoms. The van der Waals surface area contributed by atoms with Crippen LogP contribution in [0.5, 0.6) is 5.75 Å². The molecular weight excluding hydrogens is 368 g/mol. The van der Waals surface area contributed by atoms with Crippen LogP contribution in [0, 0.1) is 0 Å². The first-order valence-electron chi connectivity index (χ1n) is 10.1. The zero-order valence-corrected chi connectivity index (χ0v) is 16.6. The van der Waals surface area contributed by atoms with Crippen LogP contribution in [0.3, 0.4) is 0 Å². The lowest BCUT2D eigenvalue weighted by Crippen LogP contribution is -2.48. The monoisotopic (exact) mass is 394 g/mol. The number of anilines is 2. The smallest absolute Gasteiger partial charge is 0.321 e. The molecule has 4 rings (SSSR count). The Morgan fingerprint density at radius 2 is 1.72 bits per heavy atom. The Labute approximate surface area is 170 Å². The Kier molecular flexibility index (Phi) is 5.55. The zero-order chi connectivity index (χ0) is 20.2. The number of hydrogen-bond donors (Lipinski definition) is 1. The van der Waals surface area contributed by atoms with Crippen molar-refractivity contribution in [2.45, 2.75) is 6.92 Å². The van der Waals surface area contributed by atoms with Crippen LogP contribution in [0.25, 0.3) is 0 Å². The molecule has 3 amide bonds. The summed E-state index contributed by atoms with van der Waals surface area (Å²) in [4.78, 5) is 30.5. The van der Waals surface area contributed by atoms with E-state index in [-0.39, 0.29) is 11.9 Å². The minimum absolute atomic E-state index is 0.0279. The summed E-state index contributed by atoms with van der Waals surface area (Å²) in [6, 6.07) is 15.2. The van der Waals surface area contributed by atoms with Gasteiger partial charge in [0.05, 0.1) is 12.3 Å². The van der Waals surface area contributed by atoms with Gasteiger partial charge >= 0.3 is 6.03 Å². The maximum absolute atomic E-state index is 12.9. The lowest BCUT2D eigenvalue weighted by atomic mass is 10.1. The molecule has 0 radical (unpaired) electrons. The second-order valence-electron chi connectivity index (χ2n) is 7.11. The largest absolute Gasteiger partial charge is 0.492 e. The number of rotatable bonds is 5. The second-order valence-corrected chi connectivity index (χ2v) is 7.11. The van der Waals surface area contributed by atoms with Crippen LogP contribution in [0.2, 0.25) is 0 Å². The minimum atomic E-state index is -0.0902. The third-order valence-corrected chi connectivity index (χ3v) is 5.36.